The Labute approximate surface area is 169 Å². The van der Waals surface area contributed by atoms with Crippen molar-refractivity contribution in [1.29, 1.82) is 0 Å². The second kappa shape index (κ2) is 9.64. The molecule has 1 fully saturated rings. The van der Waals surface area contributed by atoms with Crippen molar-refractivity contribution in [3.05, 3.63) is 65.5 Å². The summed E-state index contributed by atoms with van der Waals surface area (Å²) in [6, 6.07) is 14.0. The molecule has 0 spiro atoms. The Balaban J connectivity index is 1.35. The summed E-state index contributed by atoms with van der Waals surface area (Å²) in [4.78, 5) is 9.49. The van der Waals surface area contributed by atoms with E-state index in [1.807, 2.05) is 12.4 Å². The first kappa shape index (κ1) is 19.6. The summed E-state index contributed by atoms with van der Waals surface area (Å²) in [5.41, 5.74) is 4.47. The van der Waals surface area contributed by atoms with Gasteiger partial charge in [0.1, 0.15) is 0 Å². The second-order valence-electron chi connectivity index (χ2n) is 8.42. The zero-order valence-corrected chi connectivity index (χ0v) is 17.1. The number of fused-ring (bicyclic) bond motifs is 1. The summed E-state index contributed by atoms with van der Waals surface area (Å²) in [6.07, 6.45) is 8.91. The number of methoxy groups -OCH3 is 1. The molecule has 0 unspecified atom stereocenters. The van der Waals surface area contributed by atoms with Gasteiger partial charge in [0.2, 0.25) is 0 Å². The molecule has 1 aliphatic heterocycles. The number of nitrogens with zero attached hydrogens (tertiary/aromatic N) is 3. The molecule has 1 aromatic carbocycles. The van der Waals surface area contributed by atoms with Crippen LogP contribution >= 0.6 is 0 Å². The van der Waals surface area contributed by atoms with Crippen molar-refractivity contribution in [2.45, 2.75) is 38.3 Å². The van der Waals surface area contributed by atoms with E-state index in [0.717, 1.165) is 32.2 Å². The highest BCUT2D eigenvalue weighted by atomic mass is 16.5. The van der Waals surface area contributed by atoms with Crippen molar-refractivity contribution in [3.8, 4) is 0 Å². The molecule has 28 heavy (non-hydrogen) atoms. The first-order valence-electron chi connectivity index (χ1n) is 10.7. The van der Waals surface area contributed by atoms with Crippen LogP contribution in [0.4, 0.5) is 0 Å². The fourth-order valence-electron chi connectivity index (χ4n) is 4.94. The average molecular weight is 380 g/mol. The van der Waals surface area contributed by atoms with E-state index in [9.17, 15) is 0 Å². The lowest BCUT2D eigenvalue weighted by Crippen LogP contribution is -2.46. The highest BCUT2D eigenvalue weighted by Gasteiger charge is 2.30. The third-order valence-electron chi connectivity index (χ3n) is 6.38. The van der Waals surface area contributed by atoms with Crippen LogP contribution in [0.25, 0.3) is 0 Å². The Bertz CT molecular complexity index is 711. The van der Waals surface area contributed by atoms with Crippen LogP contribution in [0.15, 0.2) is 48.8 Å². The third-order valence-corrected chi connectivity index (χ3v) is 6.38. The number of piperidine rings is 1. The van der Waals surface area contributed by atoms with Gasteiger partial charge in [-0.2, -0.15) is 0 Å². The maximum atomic E-state index is 5.37. The Morgan fingerprint density at radius 2 is 1.86 bits per heavy atom. The first-order valence-corrected chi connectivity index (χ1v) is 10.7. The molecule has 4 nitrogen and oxygen atoms in total. The van der Waals surface area contributed by atoms with E-state index >= 15 is 0 Å². The van der Waals surface area contributed by atoms with E-state index in [1.54, 1.807) is 18.2 Å². The van der Waals surface area contributed by atoms with Crippen LogP contribution in [0.1, 0.15) is 29.5 Å². The van der Waals surface area contributed by atoms with Crippen LogP contribution in [-0.2, 0) is 24.1 Å². The van der Waals surface area contributed by atoms with E-state index in [-0.39, 0.29) is 0 Å². The maximum absolute atomic E-state index is 5.37. The van der Waals surface area contributed by atoms with Gasteiger partial charge in [0, 0.05) is 51.7 Å². The second-order valence-corrected chi connectivity index (χ2v) is 8.42. The average Bonchev–Trinajstić information content (AvgIpc) is 3.17. The molecule has 1 atom stereocenters. The summed E-state index contributed by atoms with van der Waals surface area (Å²) >= 11 is 0. The predicted octanol–water partition coefficient (Wildman–Crippen LogP) is 3.41. The minimum absolute atomic E-state index is 0.702. The van der Waals surface area contributed by atoms with Gasteiger partial charge < -0.3 is 4.74 Å². The largest absolute Gasteiger partial charge is 0.383 e. The quantitative estimate of drug-likeness (QED) is 0.703. The monoisotopic (exact) mass is 379 g/mol. The number of hydrogen-bond donors (Lipinski definition) is 0. The topological polar surface area (TPSA) is 28.6 Å². The summed E-state index contributed by atoms with van der Waals surface area (Å²) in [7, 11) is 1.80. The van der Waals surface area contributed by atoms with Crippen molar-refractivity contribution < 1.29 is 4.74 Å². The van der Waals surface area contributed by atoms with Crippen LogP contribution in [0.5, 0.6) is 0 Å². The summed E-state index contributed by atoms with van der Waals surface area (Å²) < 4.78 is 5.37. The molecule has 0 bridgehead atoms. The van der Waals surface area contributed by atoms with Gasteiger partial charge in [-0.1, -0.05) is 24.3 Å². The SMILES string of the molecule is COCCN(Cc1ccncc1)C[C@H]1CCCN(C2Cc3ccccc3C2)C1. The number of rotatable bonds is 8. The number of ether oxygens (including phenoxy) is 1. The molecular weight excluding hydrogens is 346 g/mol. The van der Waals surface area contributed by atoms with Gasteiger partial charge in [-0.15, -0.1) is 0 Å². The van der Waals surface area contributed by atoms with E-state index in [1.165, 1.54) is 44.3 Å². The van der Waals surface area contributed by atoms with Crippen LogP contribution in [0.3, 0.4) is 0 Å². The molecule has 2 heterocycles. The highest BCUT2D eigenvalue weighted by Crippen LogP contribution is 2.29. The van der Waals surface area contributed by atoms with Crippen molar-refractivity contribution in [2.75, 3.05) is 39.9 Å². The van der Waals surface area contributed by atoms with Crippen LogP contribution in [0.2, 0.25) is 0 Å². The molecule has 0 N–H and O–H groups in total. The van der Waals surface area contributed by atoms with Gasteiger partial charge in [0.05, 0.1) is 6.61 Å². The normalized spacial score (nSPS) is 20.6. The molecular formula is C24H33N3O. The molecule has 2 aliphatic rings. The van der Waals surface area contributed by atoms with Crippen molar-refractivity contribution in [1.82, 2.24) is 14.8 Å². The molecule has 4 rings (SSSR count). The van der Waals surface area contributed by atoms with Gasteiger partial charge in [-0.05, 0) is 67.0 Å². The molecule has 1 aliphatic carbocycles. The molecule has 0 radical (unpaired) electrons. The molecule has 1 aromatic heterocycles. The molecule has 150 valence electrons. The lowest BCUT2D eigenvalue weighted by atomic mass is 9.95. The lowest BCUT2D eigenvalue weighted by Gasteiger charge is -2.38. The number of likely N-dealkylation sites (tertiary alicyclic amines) is 1. The predicted molar refractivity (Wildman–Crippen MR) is 113 cm³/mol. The zero-order valence-electron chi connectivity index (χ0n) is 17.1. The van der Waals surface area contributed by atoms with Crippen molar-refractivity contribution >= 4 is 0 Å². The highest BCUT2D eigenvalue weighted by molar-refractivity contribution is 5.33. The van der Waals surface area contributed by atoms with Crippen molar-refractivity contribution in [2.24, 2.45) is 5.92 Å². The Hall–Kier alpha value is -1.75. The van der Waals surface area contributed by atoms with E-state index in [4.69, 9.17) is 4.74 Å². The van der Waals surface area contributed by atoms with Crippen LogP contribution in [0, 0.1) is 5.92 Å². The number of aromatic nitrogens is 1. The van der Waals surface area contributed by atoms with Crippen LogP contribution < -0.4 is 0 Å². The Morgan fingerprint density at radius 1 is 1.11 bits per heavy atom. The molecule has 2 aromatic rings. The molecule has 1 saturated heterocycles. The first-order chi connectivity index (χ1) is 13.8. The summed E-state index contributed by atoms with van der Waals surface area (Å²) in [5.74, 6) is 0.746. The van der Waals surface area contributed by atoms with Gasteiger partial charge in [0.25, 0.3) is 0 Å². The standard InChI is InChI=1S/C24H33N3O/c1-28-14-13-26(17-20-8-10-25-11-9-20)18-21-5-4-12-27(19-21)24-15-22-6-2-3-7-23(22)16-24/h2-3,6-11,21,24H,4-5,12-19H2,1H3/t21-/m1/s1. The minimum atomic E-state index is 0.702. The molecule has 0 amide bonds. The van der Waals surface area contributed by atoms with Gasteiger partial charge in [-0.3, -0.25) is 14.8 Å². The lowest BCUT2D eigenvalue weighted by molar-refractivity contribution is 0.0843. The van der Waals surface area contributed by atoms with E-state index in [2.05, 4.69) is 51.2 Å². The molecule has 0 saturated carbocycles. The fourth-order valence-corrected chi connectivity index (χ4v) is 4.94. The number of hydrogen-bond acceptors (Lipinski definition) is 4. The van der Waals surface area contributed by atoms with Crippen LogP contribution in [-0.4, -0.2) is 60.7 Å². The minimum Gasteiger partial charge on any atom is -0.383 e. The Kier molecular flexibility index (Phi) is 6.73. The summed E-state index contributed by atoms with van der Waals surface area (Å²) in [6.45, 7) is 6.42. The third kappa shape index (κ3) is 4.99. The van der Waals surface area contributed by atoms with Gasteiger partial charge >= 0.3 is 0 Å². The zero-order chi connectivity index (χ0) is 19.2. The maximum Gasteiger partial charge on any atom is 0.0589 e. The number of pyridine rings is 1. The number of benzene rings is 1. The Morgan fingerprint density at radius 3 is 2.57 bits per heavy atom. The molecule has 4 heteroatoms. The van der Waals surface area contributed by atoms with Crippen molar-refractivity contribution in [3.63, 3.8) is 0 Å². The van der Waals surface area contributed by atoms with E-state index in [0.29, 0.717) is 6.04 Å². The van der Waals surface area contributed by atoms with E-state index < -0.39 is 0 Å². The summed E-state index contributed by atoms with van der Waals surface area (Å²) in [5, 5.41) is 0. The smallest absolute Gasteiger partial charge is 0.0589 e. The van der Waals surface area contributed by atoms with Gasteiger partial charge in [-0.25, -0.2) is 0 Å². The fraction of sp³-hybridized carbons (Fsp3) is 0.542. The van der Waals surface area contributed by atoms with Gasteiger partial charge in [0.15, 0.2) is 0 Å².